The predicted octanol–water partition coefficient (Wildman–Crippen LogP) is 2.56. The number of likely N-dealkylation sites (tertiary alicyclic amines) is 1. The first-order valence-corrected chi connectivity index (χ1v) is 6.77. The first-order valence-electron chi connectivity index (χ1n) is 5.96. The molecule has 4 heteroatoms. The molecule has 0 unspecified atom stereocenters. The molecule has 17 heavy (non-hydrogen) atoms. The molecule has 0 spiro atoms. The standard InChI is InChI=1S/C13H17NO2S/c1-9-8-11(10(2)17-9)12(15)4-5-13(16)14-6-3-7-14/h8H,3-7H2,1-2H3. The van der Waals surface area contributed by atoms with Gasteiger partial charge in [0.25, 0.3) is 0 Å². The first kappa shape index (κ1) is 12.3. The van der Waals surface area contributed by atoms with E-state index in [1.807, 2.05) is 24.8 Å². The van der Waals surface area contributed by atoms with Crippen LogP contribution in [0.25, 0.3) is 0 Å². The van der Waals surface area contributed by atoms with Gasteiger partial charge in [0.1, 0.15) is 0 Å². The Balaban J connectivity index is 1.88. The zero-order valence-corrected chi connectivity index (χ0v) is 11.1. The Hall–Kier alpha value is -1.16. The third-order valence-electron chi connectivity index (χ3n) is 3.12. The van der Waals surface area contributed by atoms with Crippen LogP contribution in [-0.4, -0.2) is 29.7 Å². The highest BCUT2D eigenvalue weighted by Crippen LogP contribution is 2.22. The van der Waals surface area contributed by atoms with Crippen molar-refractivity contribution in [2.75, 3.05) is 13.1 Å². The molecule has 1 amide bonds. The van der Waals surface area contributed by atoms with Gasteiger partial charge in [0, 0.05) is 41.2 Å². The summed E-state index contributed by atoms with van der Waals surface area (Å²) in [5.41, 5.74) is 0.795. The second-order valence-electron chi connectivity index (χ2n) is 4.48. The van der Waals surface area contributed by atoms with Crippen molar-refractivity contribution in [2.24, 2.45) is 0 Å². The summed E-state index contributed by atoms with van der Waals surface area (Å²) < 4.78 is 0. The Labute approximate surface area is 105 Å². The molecule has 1 aliphatic heterocycles. The summed E-state index contributed by atoms with van der Waals surface area (Å²) in [5, 5.41) is 0. The third-order valence-corrected chi connectivity index (χ3v) is 4.08. The largest absolute Gasteiger partial charge is 0.343 e. The molecule has 0 radical (unpaired) electrons. The summed E-state index contributed by atoms with van der Waals surface area (Å²) in [5.74, 6) is 0.218. The maximum absolute atomic E-state index is 11.9. The van der Waals surface area contributed by atoms with E-state index in [-0.39, 0.29) is 11.7 Å². The molecule has 0 saturated carbocycles. The van der Waals surface area contributed by atoms with Crippen molar-refractivity contribution in [3.8, 4) is 0 Å². The molecule has 1 aliphatic rings. The van der Waals surface area contributed by atoms with Crippen LogP contribution in [0.5, 0.6) is 0 Å². The number of carbonyl (C=O) groups excluding carboxylic acids is 2. The molecule has 1 aromatic rings. The number of rotatable bonds is 4. The van der Waals surface area contributed by atoms with Gasteiger partial charge in [0.05, 0.1) is 0 Å². The van der Waals surface area contributed by atoms with E-state index in [0.717, 1.165) is 34.8 Å². The topological polar surface area (TPSA) is 37.4 Å². The monoisotopic (exact) mass is 251 g/mol. The molecule has 0 aromatic carbocycles. The van der Waals surface area contributed by atoms with Gasteiger partial charge < -0.3 is 4.90 Å². The van der Waals surface area contributed by atoms with Gasteiger partial charge in [0.2, 0.25) is 5.91 Å². The van der Waals surface area contributed by atoms with Crippen molar-refractivity contribution in [3.05, 3.63) is 21.4 Å². The maximum Gasteiger partial charge on any atom is 0.223 e. The number of thiophene rings is 1. The van der Waals surface area contributed by atoms with Crippen LogP contribution in [0.1, 0.15) is 39.4 Å². The quantitative estimate of drug-likeness (QED) is 0.771. The second-order valence-corrected chi connectivity index (χ2v) is 5.94. The highest BCUT2D eigenvalue weighted by molar-refractivity contribution is 7.12. The molecule has 92 valence electrons. The highest BCUT2D eigenvalue weighted by atomic mass is 32.1. The van der Waals surface area contributed by atoms with Crippen LogP contribution < -0.4 is 0 Å². The molecule has 0 N–H and O–H groups in total. The van der Waals surface area contributed by atoms with Gasteiger partial charge in [-0.1, -0.05) is 0 Å². The van der Waals surface area contributed by atoms with Crippen LogP contribution >= 0.6 is 11.3 Å². The van der Waals surface area contributed by atoms with Crippen LogP contribution in [0.2, 0.25) is 0 Å². The molecule has 2 heterocycles. The van der Waals surface area contributed by atoms with E-state index in [4.69, 9.17) is 0 Å². The number of aryl methyl sites for hydroxylation is 2. The van der Waals surface area contributed by atoms with Crippen LogP contribution in [0.15, 0.2) is 6.07 Å². The maximum atomic E-state index is 11.9. The summed E-state index contributed by atoms with van der Waals surface area (Å²) in [6.45, 7) is 5.69. The summed E-state index contributed by atoms with van der Waals surface area (Å²) in [7, 11) is 0. The minimum Gasteiger partial charge on any atom is -0.343 e. The minimum atomic E-state index is 0.0979. The van der Waals surface area contributed by atoms with Crippen molar-refractivity contribution < 1.29 is 9.59 Å². The van der Waals surface area contributed by atoms with Gasteiger partial charge in [-0.25, -0.2) is 0 Å². The molecule has 3 nitrogen and oxygen atoms in total. The Morgan fingerprint density at radius 3 is 2.47 bits per heavy atom. The molecular formula is C13H17NO2S. The molecule has 0 atom stereocenters. The molecule has 0 aliphatic carbocycles. The molecular weight excluding hydrogens is 234 g/mol. The summed E-state index contributed by atoms with van der Waals surface area (Å²) in [4.78, 5) is 27.6. The Kier molecular flexibility index (Phi) is 3.62. The van der Waals surface area contributed by atoms with E-state index in [9.17, 15) is 9.59 Å². The van der Waals surface area contributed by atoms with Crippen molar-refractivity contribution in [2.45, 2.75) is 33.1 Å². The van der Waals surface area contributed by atoms with Gasteiger partial charge >= 0.3 is 0 Å². The summed E-state index contributed by atoms with van der Waals surface area (Å²) in [6.07, 6.45) is 1.79. The number of ketones is 1. The number of amides is 1. The van der Waals surface area contributed by atoms with E-state index in [2.05, 4.69) is 0 Å². The lowest BCUT2D eigenvalue weighted by Crippen LogP contribution is -2.42. The number of hydrogen-bond acceptors (Lipinski definition) is 3. The normalized spacial score (nSPS) is 14.6. The van der Waals surface area contributed by atoms with Crippen molar-refractivity contribution in [3.63, 3.8) is 0 Å². The molecule has 2 rings (SSSR count). The van der Waals surface area contributed by atoms with E-state index < -0.39 is 0 Å². The average molecular weight is 251 g/mol. The second kappa shape index (κ2) is 5.00. The lowest BCUT2D eigenvalue weighted by molar-refractivity contribution is -0.134. The van der Waals surface area contributed by atoms with Crippen LogP contribution in [0, 0.1) is 13.8 Å². The highest BCUT2D eigenvalue weighted by Gasteiger charge is 2.21. The fourth-order valence-electron chi connectivity index (χ4n) is 1.99. The van der Waals surface area contributed by atoms with Crippen molar-refractivity contribution >= 4 is 23.0 Å². The van der Waals surface area contributed by atoms with Gasteiger partial charge in [-0.15, -0.1) is 11.3 Å². The summed E-state index contributed by atoms with van der Waals surface area (Å²) >= 11 is 1.64. The molecule has 0 bridgehead atoms. The number of carbonyl (C=O) groups is 2. The number of Topliss-reactive ketones (excluding diaryl/α,β-unsaturated/α-hetero) is 1. The Morgan fingerprint density at radius 1 is 1.29 bits per heavy atom. The number of nitrogens with zero attached hydrogens (tertiary/aromatic N) is 1. The molecule has 1 fully saturated rings. The summed E-state index contributed by atoms with van der Waals surface area (Å²) in [6, 6.07) is 1.93. The van der Waals surface area contributed by atoms with Crippen LogP contribution in [0.4, 0.5) is 0 Å². The SMILES string of the molecule is Cc1cc(C(=O)CCC(=O)N2CCC2)c(C)s1. The Morgan fingerprint density at radius 2 is 2.00 bits per heavy atom. The van der Waals surface area contributed by atoms with Gasteiger partial charge in [-0.05, 0) is 26.3 Å². The minimum absolute atomic E-state index is 0.0979. The fourth-order valence-corrected chi connectivity index (χ4v) is 2.93. The Bertz CT molecular complexity index is 446. The lowest BCUT2D eigenvalue weighted by atomic mass is 10.1. The lowest BCUT2D eigenvalue weighted by Gasteiger charge is -2.30. The zero-order valence-electron chi connectivity index (χ0n) is 10.3. The smallest absolute Gasteiger partial charge is 0.223 e. The van der Waals surface area contributed by atoms with Crippen LogP contribution in [-0.2, 0) is 4.79 Å². The molecule has 1 saturated heterocycles. The van der Waals surface area contributed by atoms with E-state index in [1.165, 1.54) is 0 Å². The van der Waals surface area contributed by atoms with Gasteiger partial charge in [-0.3, -0.25) is 9.59 Å². The fraction of sp³-hybridized carbons (Fsp3) is 0.538. The number of hydrogen-bond donors (Lipinski definition) is 0. The third kappa shape index (κ3) is 2.75. The van der Waals surface area contributed by atoms with Gasteiger partial charge in [-0.2, -0.15) is 0 Å². The van der Waals surface area contributed by atoms with Crippen molar-refractivity contribution in [1.82, 2.24) is 4.90 Å². The predicted molar refractivity (Wildman–Crippen MR) is 68.6 cm³/mol. The average Bonchev–Trinajstić information content (AvgIpc) is 2.51. The molecule has 1 aromatic heterocycles. The van der Waals surface area contributed by atoms with E-state index in [1.54, 1.807) is 11.3 Å². The van der Waals surface area contributed by atoms with Crippen molar-refractivity contribution in [1.29, 1.82) is 0 Å². The first-order chi connectivity index (χ1) is 8.08. The van der Waals surface area contributed by atoms with Crippen LogP contribution in [0.3, 0.4) is 0 Å². The van der Waals surface area contributed by atoms with E-state index in [0.29, 0.717) is 12.8 Å². The van der Waals surface area contributed by atoms with Gasteiger partial charge in [0.15, 0.2) is 5.78 Å². The van der Waals surface area contributed by atoms with E-state index >= 15 is 0 Å². The zero-order chi connectivity index (χ0) is 12.4.